The van der Waals surface area contributed by atoms with Gasteiger partial charge in [0.2, 0.25) is 10.0 Å². The van der Waals surface area contributed by atoms with Crippen molar-refractivity contribution in [2.75, 3.05) is 31.0 Å². The molecule has 0 bridgehead atoms. The Morgan fingerprint density at radius 2 is 1.81 bits per heavy atom. The van der Waals surface area contributed by atoms with Gasteiger partial charge in [-0.05, 0) is 43.7 Å². The zero-order valence-electron chi connectivity index (χ0n) is 16.0. The van der Waals surface area contributed by atoms with Crippen LogP contribution in [0.15, 0.2) is 24.3 Å². The van der Waals surface area contributed by atoms with Crippen LogP contribution in [-0.2, 0) is 16.4 Å². The summed E-state index contributed by atoms with van der Waals surface area (Å²) < 4.78 is 28.2. The highest BCUT2D eigenvalue weighted by Gasteiger charge is 2.40. The Balaban J connectivity index is 1.48. The average molecular weight is 392 g/mol. The molecule has 0 spiro atoms. The van der Waals surface area contributed by atoms with Gasteiger partial charge in [0.05, 0.1) is 10.9 Å². The summed E-state index contributed by atoms with van der Waals surface area (Å²) in [6, 6.07) is 8.02. The van der Waals surface area contributed by atoms with Crippen molar-refractivity contribution >= 4 is 21.7 Å². The molecule has 1 aliphatic carbocycles. The molecule has 3 aliphatic rings. The van der Waals surface area contributed by atoms with Gasteiger partial charge in [0.25, 0.3) is 0 Å². The lowest BCUT2D eigenvalue weighted by molar-refractivity contribution is 0.138. The lowest BCUT2D eigenvalue weighted by atomic mass is 10.1. The van der Waals surface area contributed by atoms with E-state index >= 15 is 0 Å². The number of hydrogen-bond donors (Lipinski definition) is 0. The highest BCUT2D eigenvalue weighted by molar-refractivity contribution is 7.93. The second-order valence-electron chi connectivity index (χ2n) is 8.04. The number of amides is 2. The molecule has 1 aromatic rings. The quantitative estimate of drug-likeness (QED) is 0.796. The first-order chi connectivity index (χ1) is 13.0. The zero-order chi connectivity index (χ0) is 19.0. The number of anilines is 1. The molecular weight excluding hydrogens is 362 g/mol. The van der Waals surface area contributed by atoms with Crippen LogP contribution in [0.1, 0.15) is 44.1 Å². The van der Waals surface area contributed by atoms with E-state index in [2.05, 4.69) is 0 Å². The lowest BCUT2D eigenvalue weighted by Crippen LogP contribution is -2.53. The Kier molecular flexibility index (Phi) is 5.05. The maximum atomic E-state index is 13.3. The van der Waals surface area contributed by atoms with Crippen molar-refractivity contribution < 1.29 is 13.2 Å². The summed E-state index contributed by atoms with van der Waals surface area (Å²) in [7, 11) is -1.60. The third kappa shape index (κ3) is 3.42. The number of fused-ring (bicyclic) bond motifs is 1. The Bertz CT molecular complexity index is 804. The number of carbonyl (C=O) groups excluding carboxylic acids is 1. The summed E-state index contributed by atoms with van der Waals surface area (Å²) in [4.78, 5) is 16.5. The van der Waals surface area contributed by atoms with Gasteiger partial charge in [-0.1, -0.05) is 31.0 Å². The van der Waals surface area contributed by atoms with Gasteiger partial charge >= 0.3 is 6.03 Å². The summed E-state index contributed by atoms with van der Waals surface area (Å²) in [6.45, 7) is 1.46. The Morgan fingerprint density at radius 1 is 1.07 bits per heavy atom. The Hall–Kier alpha value is -1.76. The molecule has 1 atom stereocenters. The molecule has 6 nitrogen and oxygen atoms in total. The van der Waals surface area contributed by atoms with Crippen molar-refractivity contribution in [2.45, 2.75) is 56.2 Å². The van der Waals surface area contributed by atoms with Crippen LogP contribution in [0.4, 0.5) is 10.5 Å². The average Bonchev–Trinajstić information content (AvgIpc) is 3.37. The molecule has 4 rings (SSSR count). The number of likely N-dealkylation sites (tertiary alicyclic amines) is 1. The number of benzene rings is 1. The van der Waals surface area contributed by atoms with E-state index in [0.29, 0.717) is 32.1 Å². The third-order valence-corrected chi connectivity index (χ3v) is 8.62. The van der Waals surface area contributed by atoms with E-state index in [1.807, 2.05) is 36.2 Å². The van der Waals surface area contributed by atoms with E-state index in [1.165, 1.54) is 12.8 Å². The van der Waals surface area contributed by atoms with Crippen LogP contribution in [0.5, 0.6) is 0 Å². The topological polar surface area (TPSA) is 60.9 Å². The number of sulfonamides is 1. The first-order valence-corrected chi connectivity index (χ1v) is 11.6. The molecule has 0 aromatic heterocycles. The highest BCUT2D eigenvalue weighted by atomic mass is 32.2. The number of hydrogen-bond acceptors (Lipinski definition) is 3. The molecule has 2 heterocycles. The molecule has 27 heavy (non-hydrogen) atoms. The number of rotatable bonds is 3. The Labute approximate surface area is 162 Å². The molecule has 2 aliphatic heterocycles. The van der Waals surface area contributed by atoms with Crippen molar-refractivity contribution in [3.63, 3.8) is 0 Å². The summed E-state index contributed by atoms with van der Waals surface area (Å²) in [6.07, 6.45) is 6.59. The van der Waals surface area contributed by atoms with Crippen molar-refractivity contribution in [3.05, 3.63) is 29.8 Å². The lowest BCUT2D eigenvalue weighted by Gasteiger charge is -2.38. The van der Waals surface area contributed by atoms with Gasteiger partial charge < -0.3 is 9.80 Å². The Morgan fingerprint density at radius 3 is 2.59 bits per heavy atom. The van der Waals surface area contributed by atoms with Crippen molar-refractivity contribution in [1.82, 2.24) is 9.80 Å². The van der Waals surface area contributed by atoms with Gasteiger partial charge in [0, 0.05) is 32.7 Å². The van der Waals surface area contributed by atoms with E-state index in [0.717, 1.165) is 36.9 Å². The van der Waals surface area contributed by atoms with Gasteiger partial charge in [-0.15, -0.1) is 0 Å². The molecule has 1 saturated heterocycles. The van der Waals surface area contributed by atoms with Crippen LogP contribution < -0.4 is 4.31 Å². The molecule has 7 heteroatoms. The molecule has 148 valence electrons. The summed E-state index contributed by atoms with van der Waals surface area (Å²) in [5.74, 6) is 0. The first-order valence-electron chi connectivity index (χ1n) is 10.1. The van der Waals surface area contributed by atoms with Crippen LogP contribution >= 0.6 is 0 Å². The fraction of sp³-hybridized carbons (Fsp3) is 0.650. The van der Waals surface area contributed by atoms with E-state index < -0.39 is 15.3 Å². The van der Waals surface area contributed by atoms with Crippen molar-refractivity contribution in [2.24, 2.45) is 0 Å². The zero-order valence-corrected chi connectivity index (χ0v) is 16.8. The van der Waals surface area contributed by atoms with Gasteiger partial charge in [0.1, 0.15) is 0 Å². The monoisotopic (exact) mass is 391 g/mol. The molecule has 0 radical (unpaired) electrons. The molecule has 0 unspecified atom stereocenters. The van der Waals surface area contributed by atoms with Gasteiger partial charge in [-0.2, -0.15) is 0 Å². The fourth-order valence-electron chi connectivity index (χ4n) is 4.78. The molecule has 0 N–H and O–H groups in total. The predicted octanol–water partition coefficient (Wildman–Crippen LogP) is 2.84. The van der Waals surface area contributed by atoms with Crippen LogP contribution in [-0.4, -0.2) is 62.2 Å². The van der Waals surface area contributed by atoms with Crippen LogP contribution in [0.25, 0.3) is 0 Å². The minimum absolute atomic E-state index is 0.0105. The van der Waals surface area contributed by atoms with E-state index in [-0.39, 0.29) is 6.03 Å². The predicted molar refractivity (Wildman–Crippen MR) is 106 cm³/mol. The molecule has 1 aromatic carbocycles. The van der Waals surface area contributed by atoms with E-state index in [9.17, 15) is 13.2 Å². The first kappa shape index (κ1) is 18.6. The van der Waals surface area contributed by atoms with Crippen molar-refractivity contribution in [3.8, 4) is 0 Å². The smallest absolute Gasteiger partial charge is 0.320 e. The molecule has 2 amide bonds. The summed E-state index contributed by atoms with van der Waals surface area (Å²) in [5.41, 5.74) is 1.90. The maximum Gasteiger partial charge on any atom is 0.320 e. The minimum Gasteiger partial charge on any atom is -0.325 e. The fourth-order valence-corrected chi connectivity index (χ4v) is 6.77. The van der Waals surface area contributed by atoms with E-state index in [1.54, 1.807) is 9.21 Å². The number of urea groups is 1. The molecule has 1 saturated carbocycles. The minimum atomic E-state index is -3.47. The molecule has 2 fully saturated rings. The van der Waals surface area contributed by atoms with Crippen LogP contribution in [0.3, 0.4) is 0 Å². The van der Waals surface area contributed by atoms with Gasteiger partial charge in [0.15, 0.2) is 0 Å². The second kappa shape index (κ2) is 7.34. The normalized spacial score (nSPS) is 23.5. The largest absolute Gasteiger partial charge is 0.325 e. The number of carbonyl (C=O) groups is 1. The standard InChI is InChI=1S/C20H29N3O3S/c1-21(17-8-3-4-9-17)20(24)22-13-6-10-18(15-22)27(25,26)23-14-12-16-7-2-5-11-19(16)23/h2,5,7,11,17-18H,3-4,6,8-10,12-15H2,1H3/t18-/m1/s1. The maximum absolute atomic E-state index is 13.3. The van der Waals surface area contributed by atoms with Crippen LogP contribution in [0.2, 0.25) is 0 Å². The van der Waals surface area contributed by atoms with Crippen molar-refractivity contribution in [1.29, 1.82) is 0 Å². The second-order valence-corrected chi connectivity index (χ2v) is 10.2. The molecular formula is C20H29N3O3S. The van der Waals surface area contributed by atoms with Gasteiger partial charge in [-0.3, -0.25) is 4.31 Å². The third-order valence-electron chi connectivity index (χ3n) is 6.40. The number of nitrogens with zero attached hydrogens (tertiary/aromatic N) is 3. The summed E-state index contributed by atoms with van der Waals surface area (Å²) in [5, 5.41) is -0.515. The SMILES string of the molecule is CN(C(=O)N1CCC[C@@H](S(=O)(=O)N2CCc3ccccc32)C1)C1CCCC1. The summed E-state index contributed by atoms with van der Waals surface area (Å²) >= 11 is 0. The van der Waals surface area contributed by atoms with Crippen LogP contribution in [0, 0.1) is 0 Å². The number of para-hydroxylation sites is 1. The number of piperidine rings is 1. The van der Waals surface area contributed by atoms with Gasteiger partial charge in [-0.25, -0.2) is 13.2 Å². The van der Waals surface area contributed by atoms with E-state index in [4.69, 9.17) is 0 Å². The highest BCUT2D eigenvalue weighted by Crippen LogP contribution is 2.33.